The summed E-state index contributed by atoms with van der Waals surface area (Å²) in [7, 11) is 0. The molecule has 2 aromatic rings. The first-order chi connectivity index (χ1) is 10.8. The molecule has 1 aromatic heterocycles. The molecular weight excluding hydrogens is 307 g/mol. The van der Waals surface area contributed by atoms with Crippen molar-refractivity contribution in [1.82, 2.24) is 25.5 Å². The molecule has 0 bridgehead atoms. The fourth-order valence-corrected chi connectivity index (χ4v) is 2.91. The zero-order chi connectivity index (χ0) is 16.7. The Morgan fingerprint density at radius 3 is 2.74 bits per heavy atom. The maximum absolute atomic E-state index is 13.5. The Bertz CT molecular complexity index is 701. The van der Waals surface area contributed by atoms with Crippen LogP contribution in [0.5, 0.6) is 0 Å². The minimum Gasteiger partial charge on any atom is -0.297 e. The summed E-state index contributed by atoms with van der Waals surface area (Å²) in [6, 6.07) is 5.93. The lowest BCUT2D eigenvalue weighted by molar-refractivity contribution is -0.198. The van der Waals surface area contributed by atoms with Crippen LogP contribution in [0.3, 0.4) is 0 Å². The molecule has 1 aromatic carbocycles. The van der Waals surface area contributed by atoms with E-state index in [9.17, 15) is 13.2 Å². The number of tetrazole rings is 1. The molecule has 0 radical (unpaired) electrons. The number of rotatable bonds is 3. The fourth-order valence-electron chi connectivity index (χ4n) is 2.91. The van der Waals surface area contributed by atoms with E-state index in [-0.39, 0.29) is 12.2 Å². The summed E-state index contributed by atoms with van der Waals surface area (Å²) in [5.41, 5.74) is 0.913. The van der Waals surface area contributed by atoms with Gasteiger partial charge >= 0.3 is 6.18 Å². The SMILES string of the molecule is Cc1ccc(C)c(Cn2nnc(C3(C(F)(F)F)CCCN3)n2)c1. The molecule has 0 amide bonds. The smallest absolute Gasteiger partial charge is 0.297 e. The van der Waals surface area contributed by atoms with E-state index in [1.807, 2.05) is 32.0 Å². The zero-order valence-electron chi connectivity index (χ0n) is 13.0. The van der Waals surface area contributed by atoms with Gasteiger partial charge < -0.3 is 0 Å². The predicted molar refractivity (Wildman–Crippen MR) is 77.8 cm³/mol. The molecule has 1 aliphatic heterocycles. The van der Waals surface area contributed by atoms with Crippen LogP contribution in [0.15, 0.2) is 18.2 Å². The third-order valence-corrected chi connectivity index (χ3v) is 4.29. The highest BCUT2D eigenvalue weighted by Gasteiger charge is 2.60. The van der Waals surface area contributed by atoms with Gasteiger partial charge in [-0.2, -0.15) is 18.0 Å². The molecule has 0 spiro atoms. The zero-order valence-corrected chi connectivity index (χ0v) is 13.0. The number of hydrogen-bond donors (Lipinski definition) is 1. The molecule has 124 valence electrons. The average molecular weight is 325 g/mol. The van der Waals surface area contributed by atoms with Gasteiger partial charge in [-0.3, -0.25) is 5.32 Å². The van der Waals surface area contributed by atoms with Crippen LogP contribution in [0.4, 0.5) is 13.2 Å². The maximum atomic E-state index is 13.5. The highest BCUT2D eigenvalue weighted by molar-refractivity contribution is 5.30. The Balaban J connectivity index is 1.90. The molecule has 1 atom stereocenters. The van der Waals surface area contributed by atoms with E-state index in [1.165, 1.54) is 4.80 Å². The lowest BCUT2D eigenvalue weighted by Crippen LogP contribution is -2.50. The molecule has 3 rings (SSSR count). The number of aromatic nitrogens is 4. The number of aryl methyl sites for hydroxylation is 2. The number of alkyl halides is 3. The second kappa shape index (κ2) is 5.59. The van der Waals surface area contributed by atoms with Gasteiger partial charge in [-0.25, -0.2) is 0 Å². The van der Waals surface area contributed by atoms with Crippen molar-refractivity contribution in [2.45, 2.75) is 44.9 Å². The number of hydrogen-bond acceptors (Lipinski definition) is 4. The second-order valence-electron chi connectivity index (χ2n) is 6.01. The fraction of sp³-hybridized carbons (Fsp3) is 0.533. The summed E-state index contributed by atoms with van der Waals surface area (Å²) in [5.74, 6) is -0.298. The summed E-state index contributed by atoms with van der Waals surface area (Å²) in [6.07, 6.45) is -4.08. The molecule has 0 aliphatic carbocycles. The molecule has 1 fully saturated rings. The van der Waals surface area contributed by atoms with Gasteiger partial charge in [0.05, 0.1) is 6.54 Å². The Hall–Kier alpha value is -1.96. The van der Waals surface area contributed by atoms with Crippen molar-refractivity contribution in [3.8, 4) is 0 Å². The van der Waals surface area contributed by atoms with Crippen molar-refractivity contribution >= 4 is 0 Å². The van der Waals surface area contributed by atoms with Crippen LogP contribution >= 0.6 is 0 Å². The van der Waals surface area contributed by atoms with E-state index in [1.54, 1.807) is 0 Å². The molecule has 8 heteroatoms. The lowest BCUT2D eigenvalue weighted by atomic mass is 9.96. The van der Waals surface area contributed by atoms with Crippen LogP contribution in [-0.2, 0) is 12.1 Å². The van der Waals surface area contributed by atoms with E-state index >= 15 is 0 Å². The third-order valence-electron chi connectivity index (χ3n) is 4.29. The van der Waals surface area contributed by atoms with Gasteiger partial charge in [0.25, 0.3) is 0 Å². The van der Waals surface area contributed by atoms with Crippen LogP contribution in [0.1, 0.15) is 35.4 Å². The summed E-state index contributed by atoms with van der Waals surface area (Å²) >= 11 is 0. The average Bonchev–Trinajstić information content (AvgIpc) is 3.11. The molecule has 23 heavy (non-hydrogen) atoms. The van der Waals surface area contributed by atoms with Crippen molar-refractivity contribution in [3.05, 3.63) is 40.7 Å². The van der Waals surface area contributed by atoms with Gasteiger partial charge in [0.2, 0.25) is 5.82 Å². The van der Waals surface area contributed by atoms with E-state index in [4.69, 9.17) is 0 Å². The first-order valence-electron chi connectivity index (χ1n) is 7.48. The monoisotopic (exact) mass is 325 g/mol. The normalized spacial score (nSPS) is 21.8. The van der Waals surface area contributed by atoms with E-state index < -0.39 is 11.7 Å². The molecule has 1 N–H and O–H groups in total. The Morgan fingerprint density at radius 2 is 2.09 bits per heavy atom. The third kappa shape index (κ3) is 2.83. The van der Waals surface area contributed by atoms with Crippen molar-refractivity contribution in [2.75, 3.05) is 6.54 Å². The van der Waals surface area contributed by atoms with Crippen LogP contribution in [0.25, 0.3) is 0 Å². The number of benzene rings is 1. The Morgan fingerprint density at radius 1 is 1.30 bits per heavy atom. The van der Waals surface area contributed by atoms with E-state index in [0.717, 1.165) is 16.7 Å². The lowest BCUT2D eigenvalue weighted by Gasteiger charge is -2.28. The second-order valence-corrected chi connectivity index (χ2v) is 6.01. The minimum atomic E-state index is -4.45. The minimum absolute atomic E-state index is 0.0638. The van der Waals surface area contributed by atoms with Crippen molar-refractivity contribution in [1.29, 1.82) is 0 Å². The predicted octanol–water partition coefficient (Wildman–Crippen LogP) is 2.48. The summed E-state index contributed by atoms with van der Waals surface area (Å²) in [6.45, 7) is 4.51. The van der Waals surface area contributed by atoms with Gasteiger partial charge in [0.15, 0.2) is 5.54 Å². The summed E-state index contributed by atoms with van der Waals surface area (Å²) in [4.78, 5) is 1.23. The topological polar surface area (TPSA) is 55.6 Å². The van der Waals surface area contributed by atoms with Gasteiger partial charge in [0.1, 0.15) is 0 Å². The Labute approximate surface area is 131 Å². The highest BCUT2D eigenvalue weighted by atomic mass is 19.4. The summed E-state index contributed by atoms with van der Waals surface area (Å²) < 4.78 is 40.4. The maximum Gasteiger partial charge on any atom is 0.414 e. The molecule has 1 unspecified atom stereocenters. The van der Waals surface area contributed by atoms with Crippen LogP contribution in [0, 0.1) is 13.8 Å². The molecule has 1 aliphatic rings. The highest BCUT2D eigenvalue weighted by Crippen LogP contribution is 2.43. The van der Waals surface area contributed by atoms with Crippen LogP contribution in [-0.4, -0.2) is 32.9 Å². The van der Waals surface area contributed by atoms with Gasteiger partial charge in [-0.05, 0) is 49.6 Å². The Kier molecular flexibility index (Phi) is 3.87. The number of nitrogens with zero attached hydrogens (tertiary/aromatic N) is 4. The van der Waals surface area contributed by atoms with E-state index in [0.29, 0.717) is 19.5 Å². The molecule has 2 heterocycles. The molecular formula is C15H18F3N5. The molecule has 1 saturated heterocycles. The largest absolute Gasteiger partial charge is 0.414 e. The first kappa shape index (κ1) is 15.9. The van der Waals surface area contributed by atoms with E-state index in [2.05, 4.69) is 20.7 Å². The first-order valence-corrected chi connectivity index (χ1v) is 7.48. The number of nitrogens with one attached hydrogen (secondary N) is 1. The molecule has 5 nitrogen and oxygen atoms in total. The van der Waals surface area contributed by atoms with Gasteiger partial charge in [-0.15, -0.1) is 10.2 Å². The van der Waals surface area contributed by atoms with Crippen LogP contribution in [0.2, 0.25) is 0 Å². The summed E-state index contributed by atoms with van der Waals surface area (Å²) in [5, 5.41) is 14.0. The van der Waals surface area contributed by atoms with Crippen molar-refractivity contribution < 1.29 is 13.2 Å². The van der Waals surface area contributed by atoms with Crippen molar-refractivity contribution in [2.24, 2.45) is 0 Å². The molecule has 0 saturated carbocycles. The standard InChI is InChI=1S/C15H18F3N5/c1-10-4-5-11(2)12(8-10)9-23-21-13(20-22-23)14(15(16,17)18)6-3-7-19-14/h4-5,8,19H,3,6-7,9H2,1-2H3. The van der Waals surface area contributed by atoms with Crippen LogP contribution < -0.4 is 5.32 Å². The van der Waals surface area contributed by atoms with Gasteiger partial charge in [-0.1, -0.05) is 23.8 Å². The van der Waals surface area contributed by atoms with Crippen molar-refractivity contribution in [3.63, 3.8) is 0 Å². The quantitative estimate of drug-likeness (QED) is 0.942. The van der Waals surface area contributed by atoms with Gasteiger partial charge in [0, 0.05) is 0 Å². The number of halogens is 3.